The maximum atomic E-state index is 13.0. The molecule has 0 heterocycles. The first-order chi connectivity index (χ1) is 12.9. The highest BCUT2D eigenvalue weighted by Gasteiger charge is 2.29. The Labute approximate surface area is 166 Å². The van der Waals surface area contributed by atoms with Gasteiger partial charge in [0.2, 0.25) is 11.8 Å². The van der Waals surface area contributed by atoms with Crippen molar-refractivity contribution in [3.05, 3.63) is 70.7 Å². The van der Waals surface area contributed by atoms with Crippen LogP contribution in [0.2, 0.25) is 5.02 Å². The Bertz CT molecular complexity index is 745. The highest BCUT2D eigenvalue weighted by molar-refractivity contribution is 6.30. The van der Waals surface area contributed by atoms with Gasteiger partial charge in [-0.25, -0.2) is 0 Å². The Morgan fingerprint density at radius 1 is 1.04 bits per heavy atom. The maximum Gasteiger partial charge on any atom is 0.247 e. The first-order valence-corrected chi connectivity index (χ1v) is 9.60. The molecule has 144 valence electrons. The van der Waals surface area contributed by atoms with E-state index in [9.17, 15) is 9.59 Å². The van der Waals surface area contributed by atoms with E-state index in [4.69, 9.17) is 11.6 Å². The maximum absolute atomic E-state index is 13.0. The number of nitrogens with one attached hydrogen (secondary N) is 1. The van der Waals surface area contributed by atoms with Crippen LogP contribution in [-0.2, 0) is 16.1 Å². The van der Waals surface area contributed by atoms with Gasteiger partial charge in [-0.2, -0.15) is 0 Å². The van der Waals surface area contributed by atoms with Gasteiger partial charge in [-0.15, -0.1) is 0 Å². The molecule has 0 saturated heterocycles. The zero-order valence-electron chi connectivity index (χ0n) is 16.1. The number of nitrogens with zero attached hydrogens (tertiary/aromatic N) is 1. The molecule has 2 rings (SSSR count). The van der Waals surface area contributed by atoms with E-state index in [0.717, 1.165) is 17.5 Å². The molecule has 2 aromatic carbocycles. The molecule has 0 aromatic heterocycles. The van der Waals surface area contributed by atoms with Gasteiger partial charge in [0.1, 0.15) is 6.04 Å². The van der Waals surface area contributed by atoms with Gasteiger partial charge in [0.05, 0.1) is 0 Å². The molecule has 1 atom stereocenters. The average molecular weight is 387 g/mol. The Hall–Kier alpha value is -2.33. The molecular formula is C22H27ClN2O2. The first-order valence-electron chi connectivity index (χ1n) is 9.22. The predicted molar refractivity (Wildman–Crippen MR) is 109 cm³/mol. The molecule has 0 saturated carbocycles. The number of rotatable bonds is 8. The summed E-state index contributed by atoms with van der Waals surface area (Å²) < 4.78 is 0. The fraction of sp³-hybridized carbons (Fsp3) is 0.364. The summed E-state index contributed by atoms with van der Waals surface area (Å²) in [5, 5.41) is 3.63. The van der Waals surface area contributed by atoms with Crippen molar-refractivity contribution in [3.8, 4) is 0 Å². The van der Waals surface area contributed by atoms with Crippen molar-refractivity contribution >= 4 is 23.4 Å². The summed E-state index contributed by atoms with van der Waals surface area (Å²) in [7, 11) is 0. The van der Waals surface area contributed by atoms with E-state index < -0.39 is 6.04 Å². The number of carbonyl (C=O) groups is 2. The molecule has 1 N–H and O–H groups in total. The van der Waals surface area contributed by atoms with Crippen LogP contribution in [0.15, 0.2) is 54.6 Å². The highest BCUT2D eigenvalue weighted by atomic mass is 35.5. The predicted octanol–water partition coefficient (Wildman–Crippen LogP) is 4.59. The van der Waals surface area contributed by atoms with Crippen molar-refractivity contribution in [3.63, 3.8) is 0 Å². The van der Waals surface area contributed by atoms with Crippen LogP contribution >= 0.6 is 11.6 Å². The van der Waals surface area contributed by atoms with Gasteiger partial charge in [-0.3, -0.25) is 9.59 Å². The van der Waals surface area contributed by atoms with Crippen LogP contribution in [0.4, 0.5) is 0 Å². The largest absolute Gasteiger partial charge is 0.354 e. The standard InChI is InChI=1S/C22H27ClN2O2/c1-16(2)13-14-24-22(27)21(19-7-5-4-6-8-19)25(17(3)26)15-18-9-11-20(23)12-10-18/h4-12,16,21H,13-15H2,1-3H3,(H,24,27). The van der Waals surface area contributed by atoms with Crippen molar-refractivity contribution in [2.24, 2.45) is 5.92 Å². The Kier molecular flexibility index (Phi) is 7.86. The normalized spacial score (nSPS) is 11.9. The summed E-state index contributed by atoms with van der Waals surface area (Å²) in [6.07, 6.45) is 0.893. The zero-order chi connectivity index (χ0) is 19.8. The second kappa shape index (κ2) is 10.1. The van der Waals surface area contributed by atoms with Crippen molar-refractivity contribution in [1.82, 2.24) is 10.2 Å². The van der Waals surface area contributed by atoms with E-state index in [1.807, 2.05) is 42.5 Å². The molecule has 0 spiro atoms. The molecule has 5 heteroatoms. The van der Waals surface area contributed by atoms with Crippen LogP contribution < -0.4 is 5.32 Å². The topological polar surface area (TPSA) is 49.4 Å². The smallest absolute Gasteiger partial charge is 0.247 e. The van der Waals surface area contributed by atoms with Gasteiger partial charge in [0.25, 0.3) is 0 Å². The van der Waals surface area contributed by atoms with Gasteiger partial charge in [0.15, 0.2) is 0 Å². The van der Waals surface area contributed by atoms with Crippen LogP contribution in [0.5, 0.6) is 0 Å². The van der Waals surface area contributed by atoms with E-state index >= 15 is 0 Å². The second-order valence-electron chi connectivity index (χ2n) is 7.06. The van der Waals surface area contributed by atoms with E-state index in [2.05, 4.69) is 19.2 Å². The molecular weight excluding hydrogens is 360 g/mol. The molecule has 2 amide bonds. The number of carbonyl (C=O) groups excluding carboxylic acids is 2. The summed E-state index contributed by atoms with van der Waals surface area (Å²) in [5.74, 6) is 0.183. The molecule has 0 aliphatic heterocycles. The van der Waals surface area contributed by atoms with Crippen LogP contribution in [-0.4, -0.2) is 23.3 Å². The molecule has 2 aromatic rings. The van der Waals surface area contributed by atoms with Gasteiger partial charge in [-0.05, 0) is 35.6 Å². The fourth-order valence-electron chi connectivity index (χ4n) is 2.86. The van der Waals surface area contributed by atoms with E-state index in [1.165, 1.54) is 6.92 Å². The lowest BCUT2D eigenvalue weighted by molar-refractivity contribution is -0.140. The summed E-state index contributed by atoms with van der Waals surface area (Å²) >= 11 is 5.96. The minimum Gasteiger partial charge on any atom is -0.354 e. The fourth-order valence-corrected chi connectivity index (χ4v) is 2.99. The Morgan fingerprint density at radius 3 is 2.22 bits per heavy atom. The SMILES string of the molecule is CC(=O)N(Cc1ccc(Cl)cc1)C(C(=O)NCCC(C)C)c1ccccc1. The molecule has 0 aliphatic rings. The van der Waals surface area contributed by atoms with Gasteiger partial charge in [0, 0.05) is 25.0 Å². The van der Waals surface area contributed by atoms with Crippen LogP contribution in [0, 0.1) is 5.92 Å². The Balaban J connectivity index is 2.28. The lowest BCUT2D eigenvalue weighted by Crippen LogP contribution is -2.43. The third-order valence-electron chi connectivity index (χ3n) is 4.37. The number of amides is 2. The van der Waals surface area contributed by atoms with Gasteiger partial charge >= 0.3 is 0 Å². The molecule has 0 aliphatic carbocycles. The minimum atomic E-state index is -0.674. The summed E-state index contributed by atoms with van der Waals surface area (Å²) in [4.78, 5) is 27.0. The molecule has 0 radical (unpaired) electrons. The molecule has 0 bridgehead atoms. The minimum absolute atomic E-state index is 0.155. The van der Waals surface area contributed by atoms with E-state index in [0.29, 0.717) is 24.0 Å². The monoisotopic (exact) mass is 386 g/mol. The summed E-state index contributed by atoms with van der Waals surface area (Å²) in [6, 6.07) is 16.1. The van der Waals surface area contributed by atoms with Crippen molar-refractivity contribution in [2.75, 3.05) is 6.54 Å². The quantitative estimate of drug-likeness (QED) is 0.721. The van der Waals surface area contributed by atoms with E-state index in [1.54, 1.807) is 17.0 Å². The van der Waals surface area contributed by atoms with E-state index in [-0.39, 0.29) is 11.8 Å². The number of hydrogen-bond donors (Lipinski definition) is 1. The molecule has 0 fully saturated rings. The average Bonchev–Trinajstić information content (AvgIpc) is 2.63. The van der Waals surface area contributed by atoms with Gasteiger partial charge in [-0.1, -0.05) is 67.9 Å². The number of benzene rings is 2. The number of halogens is 1. The zero-order valence-corrected chi connectivity index (χ0v) is 16.9. The molecule has 27 heavy (non-hydrogen) atoms. The van der Waals surface area contributed by atoms with Crippen LogP contribution in [0.3, 0.4) is 0 Å². The highest BCUT2D eigenvalue weighted by Crippen LogP contribution is 2.24. The van der Waals surface area contributed by atoms with Crippen molar-refractivity contribution in [2.45, 2.75) is 39.8 Å². The van der Waals surface area contributed by atoms with Gasteiger partial charge < -0.3 is 10.2 Å². The second-order valence-corrected chi connectivity index (χ2v) is 7.50. The third-order valence-corrected chi connectivity index (χ3v) is 4.62. The lowest BCUT2D eigenvalue weighted by Gasteiger charge is -2.30. The summed E-state index contributed by atoms with van der Waals surface area (Å²) in [5.41, 5.74) is 1.72. The van der Waals surface area contributed by atoms with Crippen molar-refractivity contribution < 1.29 is 9.59 Å². The third kappa shape index (κ3) is 6.40. The van der Waals surface area contributed by atoms with Crippen LogP contribution in [0.1, 0.15) is 44.4 Å². The molecule has 4 nitrogen and oxygen atoms in total. The first kappa shape index (κ1) is 21.0. The summed E-state index contributed by atoms with van der Waals surface area (Å²) in [6.45, 7) is 6.65. The Morgan fingerprint density at radius 2 is 1.67 bits per heavy atom. The van der Waals surface area contributed by atoms with Crippen LogP contribution in [0.25, 0.3) is 0 Å². The lowest BCUT2D eigenvalue weighted by atomic mass is 10.0. The van der Waals surface area contributed by atoms with Crippen molar-refractivity contribution in [1.29, 1.82) is 0 Å². The molecule has 1 unspecified atom stereocenters. The number of hydrogen-bond acceptors (Lipinski definition) is 2.